The lowest BCUT2D eigenvalue weighted by molar-refractivity contribution is 1.16. The Kier molecular flexibility index (Phi) is 2.93. The molecule has 0 atom stereocenters. The fourth-order valence-electron chi connectivity index (χ4n) is 2.45. The van der Waals surface area contributed by atoms with Crippen LogP contribution in [-0.2, 0) is 6.42 Å². The maximum atomic E-state index is 6.29. The highest BCUT2D eigenvalue weighted by atomic mass is 35.5. The first-order chi connectivity index (χ1) is 8.70. The minimum Gasteiger partial charge on any atom is -0.0827 e. The molecule has 3 aromatic rings. The van der Waals surface area contributed by atoms with Crippen molar-refractivity contribution in [3.05, 3.63) is 58.1 Å². The first-order valence-corrected chi connectivity index (χ1v) is 6.75. The van der Waals surface area contributed by atoms with Crippen molar-refractivity contribution >= 4 is 44.7 Å². The molecular weight excluding hydrogens is 263 g/mol. The Morgan fingerprint density at radius 1 is 0.889 bits per heavy atom. The van der Waals surface area contributed by atoms with Gasteiger partial charge in [-0.25, -0.2) is 0 Å². The number of halogens is 2. The Morgan fingerprint density at radius 3 is 2.22 bits per heavy atom. The van der Waals surface area contributed by atoms with Gasteiger partial charge in [-0.3, -0.25) is 0 Å². The van der Waals surface area contributed by atoms with Gasteiger partial charge in [0.1, 0.15) is 0 Å². The van der Waals surface area contributed by atoms with Crippen molar-refractivity contribution in [3.63, 3.8) is 0 Å². The molecule has 0 saturated carbocycles. The Labute approximate surface area is 116 Å². The summed E-state index contributed by atoms with van der Waals surface area (Å²) in [6, 6.07) is 14.7. The average Bonchev–Trinajstić information content (AvgIpc) is 2.38. The summed E-state index contributed by atoms with van der Waals surface area (Å²) < 4.78 is 0. The number of fused-ring (bicyclic) bond motifs is 2. The summed E-state index contributed by atoms with van der Waals surface area (Å²) in [6.45, 7) is 2.10. The molecule has 0 bridgehead atoms. The third-order valence-electron chi connectivity index (χ3n) is 3.35. The van der Waals surface area contributed by atoms with Gasteiger partial charge < -0.3 is 0 Å². The molecule has 0 saturated heterocycles. The van der Waals surface area contributed by atoms with Crippen molar-refractivity contribution in [2.45, 2.75) is 13.3 Å². The largest absolute Gasteiger partial charge is 0.0827 e. The van der Waals surface area contributed by atoms with Crippen LogP contribution < -0.4 is 0 Å². The first-order valence-electron chi connectivity index (χ1n) is 6.00. The summed E-state index contributed by atoms with van der Waals surface area (Å²) in [5.74, 6) is 0. The summed E-state index contributed by atoms with van der Waals surface area (Å²) in [6.07, 6.45) is 0.883. The molecule has 0 nitrogen and oxygen atoms in total. The van der Waals surface area contributed by atoms with E-state index in [0.717, 1.165) is 17.4 Å². The highest BCUT2D eigenvalue weighted by Crippen LogP contribution is 2.35. The zero-order valence-electron chi connectivity index (χ0n) is 10.0. The molecule has 0 aliphatic heterocycles. The van der Waals surface area contributed by atoms with E-state index in [1.165, 1.54) is 16.2 Å². The summed E-state index contributed by atoms with van der Waals surface area (Å²) in [4.78, 5) is 0. The average molecular weight is 275 g/mol. The lowest BCUT2D eigenvalue weighted by Gasteiger charge is -2.10. The summed E-state index contributed by atoms with van der Waals surface area (Å²) in [5, 5.41) is 6.13. The predicted molar refractivity (Wildman–Crippen MR) is 80.9 cm³/mol. The zero-order chi connectivity index (χ0) is 12.7. The van der Waals surface area contributed by atoms with Crippen LogP contribution in [0.25, 0.3) is 21.5 Å². The van der Waals surface area contributed by atoms with Crippen molar-refractivity contribution in [1.29, 1.82) is 0 Å². The number of hydrogen-bond acceptors (Lipinski definition) is 0. The molecule has 2 heteroatoms. The molecule has 0 aliphatic rings. The molecule has 0 fully saturated rings. The van der Waals surface area contributed by atoms with Crippen LogP contribution >= 0.6 is 23.2 Å². The van der Waals surface area contributed by atoms with Gasteiger partial charge in [-0.2, -0.15) is 0 Å². The second-order valence-electron chi connectivity index (χ2n) is 4.42. The lowest BCUT2D eigenvalue weighted by Crippen LogP contribution is -1.88. The number of benzene rings is 3. The molecule has 0 unspecified atom stereocenters. The van der Waals surface area contributed by atoms with E-state index in [9.17, 15) is 0 Å². The van der Waals surface area contributed by atoms with Gasteiger partial charge in [0.15, 0.2) is 0 Å². The van der Waals surface area contributed by atoms with Gasteiger partial charge in [-0.15, -0.1) is 0 Å². The van der Waals surface area contributed by atoms with Crippen molar-refractivity contribution in [1.82, 2.24) is 0 Å². The Balaban J connectivity index is 2.50. The van der Waals surface area contributed by atoms with Gasteiger partial charge in [0.2, 0.25) is 0 Å². The van der Waals surface area contributed by atoms with Crippen molar-refractivity contribution in [2.75, 3.05) is 0 Å². The standard InChI is InChI=1S/C16H12Cl2/c1-2-13-14-8-11-6-4-3-5-10(11)7-12(14)9-15(17)16(13)18/h3-9H,2H2,1H3. The van der Waals surface area contributed by atoms with Crippen LogP contribution in [0.2, 0.25) is 10.0 Å². The minimum absolute atomic E-state index is 0.635. The summed E-state index contributed by atoms with van der Waals surface area (Å²) >= 11 is 12.5. The van der Waals surface area contributed by atoms with Crippen molar-refractivity contribution in [3.8, 4) is 0 Å². The van der Waals surface area contributed by atoms with Crippen LogP contribution in [0.15, 0.2) is 42.5 Å². The van der Waals surface area contributed by atoms with Crippen LogP contribution in [-0.4, -0.2) is 0 Å². The third-order valence-corrected chi connectivity index (χ3v) is 4.18. The summed E-state index contributed by atoms with van der Waals surface area (Å²) in [7, 11) is 0. The topological polar surface area (TPSA) is 0 Å². The maximum Gasteiger partial charge on any atom is 0.0630 e. The quantitative estimate of drug-likeness (QED) is 0.488. The predicted octanol–water partition coefficient (Wildman–Crippen LogP) is 5.86. The molecule has 0 amide bonds. The Morgan fingerprint density at radius 2 is 1.56 bits per heavy atom. The van der Waals surface area contributed by atoms with E-state index in [0.29, 0.717) is 10.0 Å². The molecule has 0 spiro atoms. The first kappa shape index (κ1) is 11.8. The van der Waals surface area contributed by atoms with Crippen molar-refractivity contribution in [2.24, 2.45) is 0 Å². The molecule has 90 valence electrons. The number of hydrogen-bond donors (Lipinski definition) is 0. The second-order valence-corrected chi connectivity index (χ2v) is 5.21. The molecule has 18 heavy (non-hydrogen) atoms. The van der Waals surface area contributed by atoms with Gasteiger partial charge in [0.25, 0.3) is 0 Å². The molecule has 0 aliphatic carbocycles. The third kappa shape index (κ3) is 1.77. The lowest BCUT2D eigenvalue weighted by atomic mass is 9.98. The second kappa shape index (κ2) is 4.46. The highest BCUT2D eigenvalue weighted by Gasteiger charge is 2.10. The van der Waals surface area contributed by atoms with E-state index in [2.05, 4.69) is 37.3 Å². The van der Waals surface area contributed by atoms with Crippen LogP contribution in [0.1, 0.15) is 12.5 Å². The fourth-order valence-corrected chi connectivity index (χ4v) is 2.97. The highest BCUT2D eigenvalue weighted by molar-refractivity contribution is 6.43. The minimum atomic E-state index is 0.635. The smallest absolute Gasteiger partial charge is 0.0630 e. The van der Waals surface area contributed by atoms with Crippen LogP contribution in [0.5, 0.6) is 0 Å². The molecule has 0 N–H and O–H groups in total. The van der Waals surface area contributed by atoms with Crippen LogP contribution in [0.3, 0.4) is 0 Å². The molecule has 3 rings (SSSR count). The van der Waals surface area contributed by atoms with E-state index in [-0.39, 0.29) is 0 Å². The van der Waals surface area contributed by atoms with Crippen LogP contribution in [0, 0.1) is 0 Å². The van der Waals surface area contributed by atoms with Gasteiger partial charge in [0, 0.05) is 0 Å². The molecule has 0 radical (unpaired) electrons. The van der Waals surface area contributed by atoms with E-state index >= 15 is 0 Å². The van der Waals surface area contributed by atoms with E-state index in [4.69, 9.17) is 23.2 Å². The van der Waals surface area contributed by atoms with Gasteiger partial charge in [-0.1, -0.05) is 54.4 Å². The van der Waals surface area contributed by atoms with Crippen molar-refractivity contribution < 1.29 is 0 Å². The zero-order valence-corrected chi connectivity index (χ0v) is 11.5. The monoisotopic (exact) mass is 274 g/mol. The number of aryl methyl sites for hydroxylation is 1. The fraction of sp³-hybridized carbons (Fsp3) is 0.125. The SMILES string of the molecule is CCc1c(Cl)c(Cl)cc2cc3ccccc3cc12. The van der Waals surface area contributed by atoms with E-state index in [1.54, 1.807) is 0 Å². The molecule has 0 aromatic heterocycles. The molecule has 0 heterocycles. The van der Waals surface area contributed by atoms with E-state index in [1.807, 2.05) is 12.1 Å². The van der Waals surface area contributed by atoms with Gasteiger partial charge in [0.05, 0.1) is 10.0 Å². The van der Waals surface area contributed by atoms with Gasteiger partial charge in [-0.05, 0) is 51.7 Å². The molecular formula is C16H12Cl2. The normalized spacial score (nSPS) is 11.3. The van der Waals surface area contributed by atoms with E-state index < -0.39 is 0 Å². The Hall–Kier alpha value is -1.24. The molecule has 3 aromatic carbocycles. The maximum absolute atomic E-state index is 6.29. The van der Waals surface area contributed by atoms with Crippen LogP contribution in [0.4, 0.5) is 0 Å². The number of rotatable bonds is 1. The Bertz CT molecular complexity index is 745. The van der Waals surface area contributed by atoms with Gasteiger partial charge >= 0.3 is 0 Å². The summed E-state index contributed by atoms with van der Waals surface area (Å²) in [5.41, 5.74) is 1.13.